The first kappa shape index (κ1) is 21.6. The summed E-state index contributed by atoms with van der Waals surface area (Å²) in [5, 5.41) is 3.52. The van der Waals surface area contributed by atoms with Crippen molar-refractivity contribution in [1.29, 1.82) is 0 Å². The van der Waals surface area contributed by atoms with Crippen LogP contribution in [0.4, 0.5) is 11.4 Å². The highest BCUT2D eigenvalue weighted by Gasteiger charge is 2.43. The van der Waals surface area contributed by atoms with Crippen molar-refractivity contribution in [3.05, 3.63) is 99.9 Å². The molecule has 1 aromatic heterocycles. The van der Waals surface area contributed by atoms with Gasteiger partial charge in [-0.3, -0.25) is 19.5 Å². The number of hydrogen-bond acceptors (Lipinski definition) is 4. The Bertz CT molecular complexity index is 1270. The number of rotatable bonds is 2. The Labute approximate surface area is 201 Å². The van der Waals surface area contributed by atoms with Gasteiger partial charge in [0, 0.05) is 33.9 Å². The maximum atomic E-state index is 14.0. The van der Waals surface area contributed by atoms with Gasteiger partial charge < -0.3 is 5.32 Å². The van der Waals surface area contributed by atoms with E-state index in [0.29, 0.717) is 29.7 Å². The highest BCUT2D eigenvalue weighted by Crippen LogP contribution is 2.48. The normalized spacial score (nSPS) is 19.3. The van der Waals surface area contributed by atoms with Crippen LogP contribution in [0.1, 0.15) is 48.8 Å². The molecule has 1 aliphatic heterocycles. The summed E-state index contributed by atoms with van der Waals surface area (Å²) in [6.07, 6.45) is 2.85. The van der Waals surface area contributed by atoms with Gasteiger partial charge in [0.2, 0.25) is 0 Å². The molecule has 166 valence electrons. The minimum atomic E-state index is -0.628. The van der Waals surface area contributed by atoms with E-state index >= 15 is 0 Å². The van der Waals surface area contributed by atoms with Gasteiger partial charge in [0.15, 0.2) is 5.78 Å². The number of pyridine rings is 1. The second-order valence-corrected chi connectivity index (χ2v) is 10.2. The number of hydrogen-bond donors (Lipinski definition) is 1. The van der Waals surface area contributed by atoms with Gasteiger partial charge in [0.05, 0.1) is 17.1 Å². The number of nitrogens with one attached hydrogen (secondary N) is 1. The molecule has 0 spiro atoms. The maximum absolute atomic E-state index is 14.0. The third-order valence-corrected chi connectivity index (χ3v) is 6.71. The molecule has 0 fully saturated rings. The van der Waals surface area contributed by atoms with Crippen LogP contribution >= 0.6 is 15.9 Å². The summed E-state index contributed by atoms with van der Waals surface area (Å²) in [5.41, 5.74) is 4.06. The van der Waals surface area contributed by atoms with E-state index in [0.717, 1.165) is 21.5 Å². The van der Waals surface area contributed by atoms with Crippen LogP contribution in [-0.2, 0) is 4.79 Å². The Morgan fingerprint density at radius 3 is 2.48 bits per heavy atom. The van der Waals surface area contributed by atoms with Crippen molar-refractivity contribution in [3.63, 3.8) is 0 Å². The lowest BCUT2D eigenvalue weighted by Crippen LogP contribution is -2.40. The van der Waals surface area contributed by atoms with Crippen LogP contribution in [-0.4, -0.2) is 16.7 Å². The van der Waals surface area contributed by atoms with Crippen molar-refractivity contribution < 1.29 is 9.59 Å². The quantitative estimate of drug-likeness (QED) is 0.447. The molecular formula is C27H24BrN3O2. The molecule has 0 saturated heterocycles. The van der Waals surface area contributed by atoms with Crippen LogP contribution in [0.3, 0.4) is 0 Å². The smallest absolute Gasteiger partial charge is 0.259 e. The zero-order valence-electron chi connectivity index (χ0n) is 18.5. The molecule has 33 heavy (non-hydrogen) atoms. The van der Waals surface area contributed by atoms with Crippen molar-refractivity contribution in [3.8, 4) is 0 Å². The van der Waals surface area contributed by atoms with Crippen LogP contribution in [0.15, 0.2) is 88.7 Å². The van der Waals surface area contributed by atoms with E-state index in [1.807, 2.05) is 54.6 Å². The number of ketones is 1. The molecule has 1 unspecified atom stereocenters. The average Bonchev–Trinajstić information content (AvgIpc) is 2.93. The third kappa shape index (κ3) is 4.00. The molecule has 0 radical (unpaired) electrons. The Hall–Kier alpha value is -3.25. The molecule has 1 aliphatic carbocycles. The minimum absolute atomic E-state index is 0.0471. The molecule has 2 heterocycles. The number of anilines is 2. The molecule has 6 heteroatoms. The van der Waals surface area contributed by atoms with Gasteiger partial charge in [0.25, 0.3) is 5.91 Å². The van der Waals surface area contributed by atoms with Gasteiger partial charge in [-0.2, -0.15) is 0 Å². The fourth-order valence-electron chi connectivity index (χ4n) is 4.76. The molecule has 1 atom stereocenters. The van der Waals surface area contributed by atoms with E-state index in [9.17, 15) is 9.59 Å². The number of benzene rings is 2. The number of carbonyl (C=O) groups excluding carboxylic acids is 2. The molecule has 1 N–H and O–H groups in total. The van der Waals surface area contributed by atoms with E-state index in [-0.39, 0.29) is 17.1 Å². The van der Waals surface area contributed by atoms with Gasteiger partial charge in [-0.1, -0.05) is 48.0 Å². The number of para-hydroxylation sites is 2. The summed E-state index contributed by atoms with van der Waals surface area (Å²) in [4.78, 5) is 34.0. The number of allylic oxidation sites excluding steroid dienone is 1. The van der Waals surface area contributed by atoms with Crippen molar-refractivity contribution in [2.24, 2.45) is 5.41 Å². The van der Waals surface area contributed by atoms with Crippen molar-refractivity contribution in [1.82, 2.24) is 4.98 Å². The number of Topliss-reactive ketones (excluding diaryl/α,β-unsaturated/α-hetero) is 1. The Morgan fingerprint density at radius 1 is 1.03 bits per heavy atom. The van der Waals surface area contributed by atoms with E-state index in [1.165, 1.54) is 0 Å². The largest absolute Gasteiger partial charge is 0.357 e. The van der Waals surface area contributed by atoms with Crippen LogP contribution in [0.2, 0.25) is 0 Å². The predicted octanol–water partition coefficient (Wildman–Crippen LogP) is 6.30. The van der Waals surface area contributed by atoms with Gasteiger partial charge >= 0.3 is 0 Å². The SMILES string of the molecule is CC1(C)CC(=O)C2=C(C1)Nc1ccccc1N(C(=O)c1ccc(Br)cc1)C2c1ccccn1. The van der Waals surface area contributed by atoms with E-state index < -0.39 is 6.04 Å². The summed E-state index contributed by atoms with van der Waals surface area (Å²) in [5.74, 6) is -0.135. The summed E-state index contributed by atoms with van der Waals surface area (Å²) in [6, 6.07) is 20.0. The summed E-state index contributed by atoms with van der Waals surface area (Å²) >= 11 is 3.44. The van der Waals surface area contributed by atoms with E-state index in [4.69, 9.17) is 0 Å². The first-order chi connectivity index (χ1) is 15.8. The van der Waals surface area contributed by atoms with E-state index in [1.54, 1.807) is 23.2 Å². The van der Waals surface area contributed by atoms with Gasteiger partial charge in [0.1, 0.15) is 6.04 Å². The fourth-order valence-corrected chi connectivity index (χ4v) is 5.02. The van der Waals surface area contributed by atoms with Gasteiger partial charge in [-0.15, -0.1) is 0 Å². The Morgan fingerprint density at radius 2 is 1.76 bits per heavy atom. The van der Waals surface area contributed by atoms with Gasteiger partial charge in [-0.25, -0.2) is 0 Å². The molecule has 0 bridgehead atoms. The Kier molecular flexibility index (Phi) is 5.41. The third-order valence-electron chi connectivity index (χ3n) is 6.18. The van der Waals surface area contributed by atoms with Crippen LogP contribution in [0.5, 0.6) is 0 Å². The van der Waals surface area contributed by atoms with Gasteiger partial charge in [-0.05, 0) is 60.4 Å². The lowest BCUT2D eigenvalue weighted by molar-refractivity contribution is -0.118. The topological polar surface area (TPSA) is 62.3 Å². The second kappa shape index (κ2) is 8.27. The predicted molar refractivity (Wildman–Crippen MR) is 133 cm³/mol. The fraction of sp³-hybridized carbons (Fsp3) is 0.222. The number of aromatic nitrogens is 1. The monoisotopic (exact) mass is 501 g/mol. The lowest BCUT2D eigenvalue weighted by atomic mass is 9.73. The molecule has 5 rings (SSSR count). The number of halogens is 1. The maximum Gasteiger partial charge on any atom is 0.259 e. The molecule has 2 aromatic carbocycles. The molecule has 3 aromatic rings. The van der Waals surface area contributed by atoms with Crippen LogP contribution in [0, 0.1) is 5.41 Å². The van der Waals surface area contributed by atoms with Crippen LogP contribution in [0.25, 0.3) is 0 Å². The average molecular weight is 502 g/mol. The summed E-state index contributed by atoms with van der Waals surface area (Å²) in [7, 11) is 0. The number of amides is 1. The number of carbonyl (C=O) groups is 2. The summed E-state index contributed by atoms with van der Waals surface area (Å²) in [6.45, 7) is 4.21. The highest BCUT2D eigenvalue weighted by atomic mass is 79.9. The van der Waals surface area contributed by atoms with Crippen molar-refractivity contribution in [2.75, 3.05) is 10.2 Å². The zero-order valence-corrected chi connectivity index (χ0v) is 20.1. The molecule has 2 aliphatic rings. The first-order valence-corrected chi connectivity index (χ1v) is 11.8. The highest BCUT2D eigenvalue weighted by molar-refractivity contribution is 9.10. The molecule has 0 saturated carbocycles. The summed E-state index contributed by atoms with van der Waals surface area (Å²) < 4.78 is 0.896. The number of nitrogens with zero attached hydrogens (tertiary/aromatic N) is 2. The molecule has 1 amide bonds. The molecule has 5 nitrogen and oxygen atoms in total. The van der Waals surface area contributed by atoms with Crippen molar-refractivity contribution in [2.45, 2.75) is 32.7 Å². The zero-order chi connectivity index (χ0) is 23.2. The first-order valence-electron chi connectivity index (χ1n) is 11.0. The minimum Gasteiger partial charge on any atom is -0.357 e. The van der Waals surface area contributed by atoms with E-state index in [2.05, 4.69) is 40.1 Å². The van der Waals surface area contributed by atoms with Crippen LogP contribution < -0.4 is 10.2 Å². The lowest BCUT2D eigenvalue weighted by Gasteiger charge is -2.36. The number of fused-ring (bicyclic) bond motifs is 1. The van der Waals surface area contributed by atoms with Crippen molar-refractivity contribution >= 4 is 39.0 Å². The second-order valence-electron chi connectivity index (χ2n) is 9.31. The Balaban J connectivity index is 1.78. The molecular weight excluding hydrogens is 478 g/mol. The standard InChI is InChI=1S/C27H24BrN3O2/c1-27(2)15-21-24(23(32)16-27)25(20-8-5-6-14-29-20)31(22-9-4-3-7-19(22)30-21)26(33)17-10-12-18(28)13-11-17/h3-14,25,30H,15-16H2,1-2H3.